The molecule has 1 unspecified atom stereocenters. The first-order valence-corrected chi connectivity index (χ1v) is 6.29. The van der Waals surface area contributed by atoms with E-state index in [1.54, 1.807) is 13.2 Å². The van der Waals surface area contributed by atoms with E-state index in [9.17, 15) is 4.79 Å². The Morgan fingerprint density at radius 2 is 2.20 bits per heavy atom. The molecule has 0 aliphatic rings. The van der Waals surface area contributed by atoms with Gasteiger partial charge in [0.05, 0.1) is 13.7 Å². The summed E-state index contributed by atoms with van der Waals surface area (Å²) in [5, 5.41) is 12.1. The lowest BCUT2D eigenvalue weighted by Crippen LogP contribution is -2.17. The molecule has 2 rings (SSSR count). The van der Waals surface area contributed by atoms with Crippen molar-refractivity contribution < 1.29 is 19.1 Å². The van der Waals surface area contributed by atoms with Crippen molar-refractivity contribution in [3.63, 3.8) is 0 Å². The number of hydrogen-bond donors (Lipinski definition) is 2. The van der Waals surface area contributed by atoms with Crippen LogP contribution in [0.4, 0.5) is 0 Å². The van der Waals surface area contributed by atoms with E-state index in [2.05, 4.69) is 5.32 Å². The van der Waals surface area contributed by atoms with Gasteiger partial charge in [0.2, 0.25) is 5.76 Å². The van der Waals surface area contributed by atoms with Crippen LogP contribution in [-0.4, -0.2) is 18.2 Å². The average molecular weight is 275 g/mol. The number of rotatable bonds is 6. The molecule has 1 heterocycles. The van der Waals surface area contributed by atoms with Crippen LogP contribution in [0, 0.1) is 0 Å². The van der Waals surface area contributed by atoms with Crippen molar-refractivity contribution in [2.45, 2.75) is 19.5 Å². The first kappa shape index (κ1) is 14.1. The second kappa shape index (κ2) is 6.25. The number of furan rings is 1. The van der Waals surface area contributed by atoms with Crippen LogP contribution in [0.1, 0.15) is 34.8 Å². The van der Waals surface area contributed by atoms with Crippen LogP contribution in [-0.2, 0) is 6.54 Å². The molecule has 1 atom stereocenters. The summed E-state index contributed by atoms with van der Waals surface area (Å²) in [5.74, 6) is 0.299. The molecule has 0 spiro atoms. The van der Waals surface area contributed by atoms with Crippen LogP contribution in [0.5, 0.6) is 5.75 Å². The quantitative estimate of drug-likeness (QED) is 0.848. The Bertz CT molecular complexity index is 591. The van der Waals surface area contributed by atoms with Crippen molar-refractivity contribution in [2.24, 2.45) is 0 Å². The molecule has 5 heteroatoms. The molecule has 0 aliphatic heterocycles. The molecule has 20 heavy (non-hydrogen) atoms. The molecular formula is C15H17NO4. The maximum atomic E-state index is 10.7. The highest BCUT2D eigenvalue weighted by Gasteiger charge is 2.10. The molecule has 2 aromatic rings. The van der Waals surface area contributed by atoms with Gasteiger partial charge in [-0.25, -0.2) is 4.79 Å². The molecule has 1 aromatic heterocycles. The van der Waals surface area contributed by atoms with E-state index in [4.69, 9.17) is 14.3 Å². The van der Waals surface area contributed by atoms with Gasteiger partial charge in [-0.05, 0) is 36.8 Å². The molecule has 0 fully saturated rings. The van der Waals surface area contributed by atoms with Gasteiger partial charge in [-0.15, -0.1) is 0 Å². The number of ether oxygens (including phenoxy) is 1. The number of methoxy groups -OCH3 is 1. The number of hydrogen-bond acceptors (Lipinski definition) is 4. The van der Waals surface area contributed by atoms with Gasteiger partial charge in [-0.3, -0.25) is 0 Å². The van der Waals surface area contributed by atoms with Gasteiger partial charge in [0.1, 0.15) is 11.5 Å². The van der Waals surface area contributed by atoms with Crippen molar-refractivity contribution in [3.05, 3.63) is 53.5 Å². The Morgan fingerprint density at radius 3 is 2.85 bits per heavy atom. The lowest BCUT2D eigenvalue weighted by molar-refractivity contribution is 0.0660. The van der Waals surface area contributed by atoms with E-state index >= 15 is 0 Å². The molecule has 2 N–H and O–H groups in total. The van der Waals surface area contributed by atoms with Crippen molar-refractivity contribution in [1.29, 1.82) is 0 Å². The first-order chi connectivity index (χ1) is 9.60. The molecular weight excluding hydrogens is 258 g/mol. The van der Waals surface area contributed by atoms with Gasteiger partial charge < -0.3 is 19.6 Å². The summed E-state index contributed by atoms with van der Waals surface area (Å²) < 4.78 is 10.4. The van der Waals surface area contributed by atoms with Crippen LogP contribution < -0.4 is 10.1 Å². The SMILES string of the molecule is COc1cccc(C(C)NCc2ccc(C(=O)O)o2)c1. The van der Waals surface area contributed by atoms with Crippen molar-refractivity contribution in [1.82, 2.24) is 5.32 Å². The predicted molar refractivity (Wildman–Crippen MR) is 73.9 cm³/mol. The zero-order chi connectivity index (χ0) is 14.5. The van der Waals surface area contributed by atoms with E-state index < -0.39 is 5.97 Å². The van der Waals surface area contributed by atoms with E-state index in [0.29, 0.717) is 12.3 Å². The highest BCUT2D eigenvalue weighted by atomic mass is 16.5. The molecule has 0 amide bonds. The molecule has 0 saturated carbocycles. The summed E-state index contributed by atoms with van der Waals surface area (Å²) in [6.07, 6.45) is 0. The highest BCUT2D eigenvalue weighted by molar-refractivity contribution is 5.84. The fraction of sp³-hybridized carbons (Fsp3) is 0.267. The number of nitrogens with one attached hydrogen (secondary N) is 1. The van der Waals surface area contributed by atoms with Crippen LogP contribution in [0.25, 0.3) is 0 Å². The fourth-order valence-electron chi connectivity index (χ4n) is 1.87. The fourth-order valence-corrected chi connectivity index (χ4v) is 1.87. The first-order valence-electron chi connectivity index (χ1n) is 6.29. The smallest absolute Gasteiger partial charge is 0.371 e. The van der Waals surface area contributed by atoms with Gasteiger partial charge >= 0.3 is 5.97 Å². The van der Waals surface area contributed by atoms with Crippen LogP contribution in [0.15, 0.2) is 40.8 Å². The van der Waals surface area contributed by atoms with Gasteiger partial charge in [-0.2, -0.15) is 0 Å². The minimum absolute atomic E-state index is 0.0455. The van der Waals surface area contributed by atoms with Crippen LogP contribution in [0.3, 0.4) is 0 Å². The molecule has 106 valence electrons. The zero-order valence-electron chi connectivity index (χ0n) is 11.4. The van der Waals surface area contributed by atoms with Gasteiger partial charge in [0.25, 0.3) is 0 Å². The topological polar surface area (TPSA) is 71.7 Å². The molecule has 0 bridgehead atoms. The Labute approximate surface area is 117 Å². The maximum absolute atomic E-state index is 10.7. The van der Waals surface area contributed by atoms with Crippen molar-refractivity contribution >= 4 is 5.97 Å². The second-order valence-corrected chi connectivity index (χ2v) is 4.45. The number of aromatic carboxylic acids is 1. The third kappa shape index (κ3) is 3.39. The summed E-state index contributed by atoms with van der Waals surface area (Å²) in [7, 11) is 1.63. The Balaban J connectivity index is 1.96. The van der Waals surface area contributed by atoms with E-state index in [0.717, 1.165) is 11.3 Å². The molecule has 1 aromatic carbocycles. The Morgan fingerprint density at radius 1 is 1.40 bits per heavy atom. The second-order valence-electron chi connectivity index (χ2n) is 4.45. The Kier molecular flexibility index (Phi) is 4.42. The van der Waals surface area contributed by atoms with Gasteiger partial charge in [-0.1, -0.05) is 12.1 Å². The molecule has 5 nitrogen and oxygen atoms in total. The Hall–Kier alpha value is -2.27. The largest absolute Gasteiger partial charge is 0.497 e. The summed E-state index contributed by atoms with van der Waals surface area (Å²) in [6, 6.07) is 11.0. The third-order valence-electron chi connectivity index (χ3n) is 3.05. The van der Waals surface area contributed by atoms with Crippen LogP contribution >= 0.6 is 0 Å². The van der Waals surface area contributed by atoms with Gasteiger partial charge in [0, 0.05) is 6.04 Å². The number of carboxylic acids is 1. The highest BCUT2D eigenvalue weighted by Crippen LogP contribution is 2.19. The normalized spacial score (nSPS) is 12.1. The lowest BCUT2D eigenvalue weighted by atomic mass is 10.1. The molecule has 0 aliphatic carbocycles. The predicted octanol–water partition coefficient (Wildman–Crippen LogP) is 2.84. The summed E-state index contributed by atoms with van der Waals surface area (Å²) in [5.41, 5.74) is 1.09. The summed E-state index contributed by atoms with van der Waals surface area (Å²) in [4.78, 5) is 10.7. The average Bonchev–Trinajstić information content (AvgIpc) is 2.94. The monoisotopic (exact) mass is 275 g/mol. The number of benzene rings is 1. The van der Waals surface area contributed by atoms with E-state index in [1.165, 1.54) is 6.07 Å². The summed E-state index contributed by atoms with van der Waals surface area (Å²) in [6.45, 7) is 2.49. The molecule has 0 radical (unpaired) electrons. The van der Waals surface area contributed by atoms with Gasteiger partial charge in [0.15, 0.2) is 0 Å². The maximum Gasteiger partial charge on any atom is 0.371 e. The van der Waals surface area contributed by atoms with Crippen molar-refractivity contribution in [3.8, 4) is 5.75 Å². The zero-order valence-corrected chi connectivity index (χ0v) is 11.4. The number of carbonyl (C=O) groups is 1. The lowest BCUT2D eigenvalue weighted by Gasteiger charge is -2.14. The summed E-state index contributed by atoms with van der Waals surface area (Å²) >= 11 is 0. The van der Waals surface area contributed by atoms with Crippen molar-refractivity contribution in [2.75, 3.05) is 7.11 Å². The standard InChI is InChI=1S/C15H17NO4/c1-10(11-4-3-5-12(8-11)19-2)16-9-13-6-7-14(20-13)15(17)18/h3-8,10,16H,9H2,1-2H3,(H,17,18). The van der Waals surface area contributed by atoms with E-state index in [1.807, 2.05) is 31.2 Å². The van der Waals surface area contributed by atoms with Crippen LogP contribution in [0.2, 0.25) is 0 Å². The minimum atomic E-state index is -1.06. The number of carboxylic acid groups (broad SMARTS) is 1. The third-order valence-corrected chi connectivity index (χ3v) is 3.05. The molecule has 0 saturated heterocycles. The minimum Gasteiger partial charge on any atom is -0.497 e. The van der Waals surface area contributed by atoms with E-state index in [-0.39, 0.29) is 11.8 Å².